The minimum atomic E-state index is 0.0148. The summed E-state index contributed by atoms with van der Waals surface area (Å²) in [6.07, 6.45) is 2.95. The van der Waals surface area contributed by atoms with Crippen LogP contribution in [-0.4, -0.2) is 41.0 Å². The Morgan fingerprint density at radius 3 is 3.05 bits per heavy atom. The molecule has 1 aromatic rings. The van der Waals surface area contributed by atoms with Gasteiger partial charge in [0, 0.05) is 25.6 Å². The Morgan fingerprint density at radius 2 is 2.29 bits per heavy atom. The highest BCUT2D eigenvalue weighted by Crippen LogP contribution is 2.27. The van der Waals surface area contributed by atoms with Gasteiger partial charge in [-0.1, -0.05) is 12.1 Å². The van der Waals surface area contributed by atoms with E-state index in [1.807, 2.05) is 11.8 Å². The summed E-state index contributed by atoms with van der Waals surface area (Å²) in [5.74, 6) is 1.11. The fraction of sp³-hybridized carbons (Fsp3) is 0.667. The van der Waals surface area contributed by atoms with E-state index in [1.165, 1.54) is 0 Å². The number of carbonyl (C=O) groups excluding carboxylic acids is 2. The molecule has 1 aromatic heterocycles. The molecule has 0 spiro atoms. The van der Waals surface area contributed by atoms with Crippen molar-refractivity contribution < 1.29 is 14.1 Å². The second-order valence-corrected chi connectivity index (χ2v) is 5.93. The quantitative estimate of drug-likeness (QED) is 0.891. The molecule has 0 aromatic carbocycles. The van der Waals surface area contributed by atoms with Crippen molar-refractivity contribution in [3.63, 3.8) is 0 Å². The summed E-state index contributed by atoms with van der Waals surface area (Å²) in [7, 11) is 0. The van der Waals surface area contributed by atoms with Crippen LogP contribution in [0, 0.1) is 12.8 Å². The van der Waals surface area contributed by atoms with E-state index >= 15 is 0 Å². The van der Waals surface area contributed by atoms with Gasteiger partial charge in [0.2, 0.25) is 5.91 Å². The molecule has 2 saturated heterocycles. The van der Waals surface area contributed by atoms with Gasteiger partial charge in [0.1, 0.15) is 11.3 Å². The predicted molar refractivity (Wildman–Crippen MR) is 75.8 cm³/mol. The van der Waals surface area contributed by atoms with Crippen molar-refractivity contribution in [2.24, 2.45) is 5.92 Å². The van der Waals surface area contributed by atoms with Crippen molar-refractivity contribution in [1.29, 1.82) is 0 Å². The topological polar surface area (TPSA) is 75.4 Å². The van der Waals surface area contributed by atoms with Gasteiger partial charge in [-0.2, -0.15) is 0 Å². The van der Waals surface area contributed by atoms with Crippen LogP contribution < -0.4 is 5.32 Å². The molecule has 6 nitrogen and oxygen atoms in total. The zero-order chi connectivity index (χ0) is 15.0. The minimum Gasteiger partial charge on any atom is -0.361 e. The van der Waals surface area contributed by atoms with Gasteiger partial charge < -0.3 is 14.7 Å². The van der Waals surface area contributed by atoms with Crippen LogP contribution in [-0.2, 0) is 11.2 Å². The number of carbonyl (C=O) groups is 2. The van der Waals surface area contributed by atoms with E-state index in [4.69, 9.17) is 4.52 Å². The smallest absolute Gasteiger partial charge is 0.259 e. The Bertz CT molecular complexity index is 567. The number of fused-ring (bicyclic) bond motifs is 1. The number of aryl methyl sites for hydroxylation is 2. The van der Waals surface area contributed by atoms with Crippen LogP contribution in [0.5, 0.6) is 0 Å². The van der Waals surface area contributed by atoms with Crippen LogP contribution in [0.3, 0.4) is 0 Å². The second kappa shape index (κ2) is 5.50. The van der Waals surface area contributed by atoms with Crippen molar-refractivity contribution in [3.05, 3.63) is 17.0 Å². The molecule has 0 radical (unpaired) electrons. The van der Waals surface area contributed by atoms with Crippen molar-refractivity contribution in [2.75, 3.05) is 13.1 Å². The lowest BCUT2D eigenvalue weighted by molar-refractivity contribution is -0.125. The molecule has 0 saturated carbocycles. The summed E-state index contributed by atoms with van der Waals surface area (Å²) < 4.78 is 5.16. The van der Waals surface area contributed by atoms with E-state index in [2.05, 4.69) is 10.5 Å². The zero-order valence-electron chi connectivity index (χ0n) is 12.5. The van der Waals surface area contributed by atoms with Crippen LogP contribution in [0.2, 0.25) is 0 Å². The lowest BCUT2D eigenvalue weighted by Gasteiger charge is -2.41. The molecule has 2 fully saturated rings. The van der Waals surface area contributed by atoms with Gasteiger partial charge in [0.25, 0.3) is 5.91 Å². The zero-order valence-corrected chi connectivity index (χ0v) is 12.5. The Morgan fingerprint density at radius 1 is 1.48 bits per heavy atom. The average Bonchev–Trinajstić information content (AvgIpc) is 2.86. The van der Waals surface area contributed by atoms with Gasteiger partial charge in [-0.25, -0.2) is 0 Å². The van der Waals surface area contributed by atoms with E-state index in [0.717, 1.165) is 18.5 Å². The number of rotatable bonds is 2. The Labute approximate surface area is 123 Å². The highest BCUT2D eigenvalue weighted by molar-refractivity contribution is 5.96. The monoisotopic (exact) mass is 291 g/mol. The highest BCUT2D eigenvalue weighted by Gasteiger charge is 2.36. The molecule has 2 unspecified atom stereocenters. The van der Waals surface area contributed by atoms with Crippen LogP contribution >= 0.6 is 0 Å². The third kappa shape index (κ3) is 2.54. The maximum Gasteiger partial charge on any atom is 0.259 e. The molecule has 3 rings (SSSR count). The maximum absolute atomic E-state index is 12.7. The van der Waals surface area contributed by atoms with Gasteiger partial charge in [0.15, 0.2) is 0 Å². The van der Waals surface area contributed by atoms with E-state index in [1.54, 1.807) is 6.92 Å². The fourth-order valence-electron chi connectivity index (χ4n) is 3.39. The first-order chi connectivity index (χ1) is 10.1. The van der Waals surface area contributed by atoms with Gasteiger partial charge >= 0.3 is 0 Å². The van der Waals surface area contributed by atoms with Gasteiger partial charge in [-0.15, -0.1) is 0 Å². The normalized spacial score (nSPS) is 25.4. The number of nitrogens with one attached hydrogen (secondary N) is 1. The van der Waals surface area contributed by atoms with Crippen molar-refractivity contribution in [1.82, 2.24) is 15.4 Å². The fourth-order valence-corrected chi connectivity index (χ4v) is 3.39. The van der Waals surface area contributed by atoms with Crippen molar-refractivity contribution in [2.45, 2.75) is 45.6 Å². The van der Waals surface area contributed by atoms with E-state index < -0.39 is 0 Å². The molecule has 3 heterocycles. The minimum absolute atomic E-state index is 0.0148. The predicted octanol–water partition coefficient (Wildman–Crippen LogP) is 1.29. The third-order valence-corrected chi connectivity index (χ3v) is 4.59. The molecule has 21 heavy (non-hydrogen) atoms. The Hall–Kier alpha value is -1.85. The lowest BCUT2D eigenvalue weighted by atomic mass is 9.85. The second-order valence-electron chi connectivity index (χ2n) is 5.93. The number of hydrogen-bond acceptors (Lipinski definition) is 4. The molecule has 114 valence electrons. The number of likely N-dealkylation sites (tertiary alicyclic amines) is 1. The molecule has 6 heteroatoms. The van der Waals surface area contributed by atoms with Crippen molar-refractivity contribution >= 4 is 11.8 Å². The Kier molecular flexibility index (Phi) is 3.69. The largest absolute Gasteiger partial charge is 0.361 e. The molecule has 0 bridgehead atoms. The first-order valence-corrected chi connectivity index (χ1v) is 7.64. The average molecular weight is 291 g/mol. The third-order valence-electron chi connectivity index (χ3n) is 4.59. The molecule has 2 amide bonds. The van der Waals surface area contributed by atoms with E-state index in [9.17, 15) is 9.59 Å². The molecule has 2 atom stereocenters. The maximum atomic E-state index is 12.7. The summed E-state index contributed by atoms with van der Waals surface area (Å²) in [5.41, 5.74) is 1.35. The van der Waals surface area contributed by atoms with Gasteiger partial charge in [-0.05, 0) is 32.1 Å². The number of aromatic nitrogens is 1. The molecule has 2 aliphatic heterocycles. The molecular weight excluding hydrogens is 270 g/mol. The van der Waals surface area contributed by atoms with Gasteiger partial charge in [-0.3, -0.25) is 9.59 Å². The molecule has 1 N–H and O–H groups in total. The number of piperidine rings is 2. The Balaban J connectivity index is 1.74. The van der Waals surface area contributed by atoms with Crippen LogP contribution in [0.1, 0.15) is 48.0 Å². The SMILES string of the molecule is CCc1noc(C)c1C(=O)N1CCC2NC(=O)CCC2C1. The van der Waals surface area contributed by atoms with Crippen LogP contribution in [0.25, 0.3) is 0 Å². The number of hydrogen-bond donors (Lipinski definition) is 1. The molecule has 2 aliphatic rings. The van der Waals surface area contributed by atoms with E-state index in [-0.39, 0.29) is 17.9 Å². The lowest BCUT2D eigenvalue weighted by Crippen LogP contribution is -2.55. The number of amides is 2. The van der Waals surface area contributed by atoms with Crippen LogP contribution in [0.15, 0.2) is 4.52 Å². The molecule has 0 aliphatic carbocycles. The first-order valence-electron chi connectivity index (χ1n) is 7.64. The molecular formula is C15H21N3O3. The summed E-state index contributed by atoms with van der Waals surface area (Å²) in [6, 6.07) is 0.226. The summed E-state index contributed by atoms with van der Waals surface area (Å²) in [6.45, 7) is 5.13. The summed E-state index contributed by atoms with van der Waals surface area (Å²) in [4.78, 5) is 26.1. The summed E-state index contributed by atoms with van der Waals surface area (Å²) in [5, 5.41) is 7.00. The summed E-state index contributed by atoms with van der Waals surface area (Å²) >= 11 is 0. The highest BCUT2D eigenvalue weighted by atomic mass is 16.5. The standard InChI is InChI=1S/C15H21N3O3/c1-3-11-14(9(2)21-17-11)15(20)18-7-6-12-10(8-18)4-5-13(19)16-12/h10,12H,3-8H2,1-2H3,(H,16,19). The van der Waals surface area contributed by atoms with Gasteiger partial charge in [0.05, 0.1) is 5.69 Å². The van der Waals surface area contributed by atoms with E-state index in [0.29, 0.717) is 43.2 Å². The first kappa shape index (κ1) is 14.1. The number of nitrogens with zero attached hydrogens (tertiary/aromatic N) is 2. The van der Waals surface area contributed by atoms with Crippen molar-refractivity contribution in [3.8, 4) is 0 Å². The van der Waals surface area contributed by atoms with Crippen LogP contribution in [0.4, 0.5) is 0 Å².